The van der Waals surface area contributed by atoms with E-state index in [1.54, 1.807) is 24.3 Å². The number of hydrogen-bond acceptors (Lipinski definition) is 1. The summed E-state index contributed by atoms with van der Waals surface area (Å²) in [6, 6.07) is 32.6. The molecular weight excluding hydrogens is 819 g/mol. The molecule has 6 aromatic rings. The first-order valence-corrected chi connectivity index (χ1v) is 25.1. The lowest BCUT2D eigenvalue weighted by molar-refractivity contribution is 0.627. The third-order valence-corrected chi connectivity index (χ3v) is 18.8. The lowest BCUT2D eigenvalue weighted by Crippen LogP contribution is -2.25. The van der Waals surface area contributed by atoms with Crippen molar-refractivity contribution in [3.8, 4) is 27.9 Å². The quantitative estimate of drug-likeness (QED) is 0.111. The molecular formula is C60H62F2N2S. The molecule has 0 spiro atoms. The van der Waals surface area contributed by atoms with Crippen LogP contribution in [-0.4, -0.2) is 15.1 Å². The number of aromatic nitrogens is 1. The topological polar surface area (TPSA) is 8.17 Å². The van der Waals surface area contributed by atoms with Crippen molar-refractivity contribution in [2.75, 3.05) is 4.90 Å². The van der Waals surface area contributed by atoms with Gasteiger partial charge in [0.05, 0.1) is 5.52 Å². The summed E-state index contributed by atoms with van der Waals surface area (Å²) in [7, 11) is -1.54. The molecule has 1 aliphatic carbocycles. The van der Waals surface area contributed by atoms with Gasteiger partial charge in [0.25, 0.3) is 0 Å². The largest absolute Gasteiger partial charge is 0.320 e. The molecule has 0 saturated heterocycles. The van der Waals surface area contributed by atoms with Crippen LogP contribution in [0.25, 0.3) is 44.9 Å². The number of para-hydroxylation sites is 1. The van der Waals surface area contributed by atoms with Gasteiger partial charge in [-0.1, -0.05) is 119 Å². The van der Waals surface area contributed by atoms with Gasteiger partial charge in [-0.25, -0.2) is 18.8 Å². The normalized spacial score (nSPS) is 15.8. The number of anilines is 1. The van der Waals surface area contributed by atoms with Gasteiger partial charge in [0, 0.05) is 51.4 Å². The Kier molecular flexibility index (Phi) is 13.4. The Hall–Kier alpha value is -6.17. The summed E-state index contributed by atoms with van der Waals surface area (Å²) in [5, 5.41) is 1.79. The average Bonchev–Trinajstić information content (AvgIpc) is 3.64. The fourth-order valence-electron chi connectivity index (χ4n) is 9.88. The Morgan fingerprint density at radius 2 is 1.42 bits per heavy atom. The van der Waals surface area contributed by atoms with Gasteiger partial charge in [-0.05, 0) is 173 Å². The summed E-state index contributed by atoms with van der Waals surface area (Å²) in [4.78, 5) is 2.29. The molecule has 8 rings (SSSR count). The van der Waals surface area contributed by atoms with Crippen molar-refractivity contribution >= 4 is 32.7 Å². The molecule has 332 valence electrons. The van der Waals surface area contributed by atoms with Gasteiger partial charge in [-0.2, -0.15) is 0 Å². The van der Waals surface area contributed by atoms with Crippen molar-refractivity contribution in [1.82, 2.24) is 4.57 Å². The zero-order chi connectivity index (χ0) is 46.0. The molecule has 0 fully saturated rings. The van der Waals surface area contributed by atoms with E-state index in [0.29, 0.717) is 10.5 Å². The lowest BCUT2D eigenvalue weighted by Gasteiger charge is -2.49. The van der Waals surface area contributed by atoms with Crippen molar-refractivity contribution in [3.63, 3.8) is 0 Å². The number of rotatable bonds is 12. The van der Waals surface area contributed by atoms with E-state index < -0.39 is 10.0 Å². The van der Waals surface area contributed by atoms with Crippen LogP contribution >= 0.6 is 10.0 Å². The van der Waals surface area contributed by atoms with Crippen LogP contribution in [0.15, 0.2) is 175 Å². The highest BCUT2D eigenvalue weighted by molar-refractivity contribution is 8.33. The van der Waals surface area contributed by atoms with Crippen LogP contribution in [-0.2, 0) is 11.5 Å². The second kappa shape index (κ2) is 19.1. The Bertz CT molecular complexity index is 2980. The highest BCUT2D eigenvalue weighted by Crippen LogP contribution is 2.63. The van der Waals surface area contributed by atoms with E-state index in [9.17, 15) is 0 Å². The third kappa shape index (κ3) is 9.22. The van der Waals surface area contributed by atoms with Crippen LogP contribution in [0.1, 0.15) is 81.0 Å². The van der Waals surface area contributed by atoms with E-state index in [2.05, 4.69) is 168 Å². The van der Waals surface area contributed by atoms with Gasteiger partial charge >= 0.3 is 0 Å². The zero-order valence-electron chi connectivity index (χ0n) is 39.3. The van der Waals surface area contributed by atoms with Crippen LogP contribution in [0.4, 0.5) is 14.5 Å². The highest BCUT2D eigenvalue weighted by atomic mass is 32.3. The number of benzene rings is 5. The van der Waals surface area contributed by atoms with E-state index in [4.69, 9.17) is 0 Å². The van der Waals surface area contributed by atoms with Crippen molar-refractivity contribution in [2.45, 2.75) is 90.2 Å². The second-order valence-corrected chi connectivity index (χ2v) is 22.7. The van der Waals surface area contributed by atoms with Crippen LogP contribution < -0.4 is 4.90 Å². The van der Waals surface area contributed by atoms with Crippen LogP contribution in [0.5, 0.6) is 0 Å². The van der Waals surface area contributed by atoms with Gasteiger partial charge in [0.2, 0.25) is 0 Å². The van der Waals surface area contributed by atoms with E-state index in [-0.39, 0.29) is 11.6 Å². The molecule has 5 aromatic carbocycles. The molecule has 0 N–H and O–H groups in total. The summed E-state index contributed by atoms with van der Waals surface area (Å²) in [5.41, 5.74) is 17.1. The third-order valence-electron chi connectivity index (χ3n) is 13.3. The van der Waals surface area contributed by atoms with Crippen molar-refractivity contribution in [3.05, 3.63) is 220 Å². The van der Waals surface area contributed by atoms with Crippen molar-refractivity contribution in [2.24, 2.45) is 0 Å². The van der Waals surface area contributed by atoms with Crippen LogP contribution in [0, 0.1) is 32.4 Å². The highest BCUT2D eigenvalue weighted by Gasteiger charge is 2.34. The van der Waals surface area contributed by atoms with E-state index in [1.807, 2.05) is 37.3 Å². The maximum atomic E-state index is 15.7. The number of nitrogens with zero attached hydrogens (tertiary/aromatic N) is 2. The van der Waals surface area contributed by atoms with Crippen LogP contribution in [0.3, 0.4) is 0 Å². The fraction of sp³-hybridized carbons (Fsp3) is 0.233. The number of halogens is 2. The van der Waals surface area contributed by atoms with E-state index >= 15 is 8.78 Å². The van der Waals surface area contributed by atoms with Gasteiger partial charge in [-0.15, -0.1) is 0 Å². The monoisotopic (exact) mass is 880 g/mol. The first-order valence-electron chi connectivity index (χ1n) is 23.0. The number of fused-ring (bicyclic) bond motifs is 1. The van der Waals surface area contributed by atoms with Gasteiger partial charge in [0.15, 0.2) is 0 Å². The Morgan fingerprint density at radius 1 is 0.723 bits per heavy atom. The van der Waals surface area contributed by atoms with Crippen molar-refractivity contribution < 1.29 is 8.78 Å². The molecule has 2 nitrogen and oxygen atoms in total. The molecule has 0 atom stereocenters. The maximum Gasteiger partial charge on any atom is 0.123 e. The van der Waals surface area contributed by atoms with Gasteiger partial charge in [-0.3, -0.25) is 0 Å². The minimum absolute atomic E-state index is 0.249. The molecule has 0 bridgehead atoms. The maximum absolute atomic E-state index is 15.7. The summed E-state index contributed by atoms with van der Waals surface area (Å²) < 4.78 is 33.7. The summed E-state index contributed by atoms with van der Waals surface area (Å²) in [6.45, 7) is 22.2. The molecule has 2 heterocycles. The lowest BCUT2D eigenvalue weighted by atomic mass is 9.93. The molecule has 1 aromatic heterocycles. The standard InChI is InChI=1S/C60H62F2N2S/c1-10-11-12-21-52-34-46-20-13-15-23-58(46)64(52)60-33-43(7)32-55(45(60)9)57-37-51(62)28-26-48(57)39-65(40(2)3,41(4)5)38-47-25-27-50(61)36-56(47)49-30-42(6)31-53(35-49)63-29-18-17-19-44(8)54-22-14-16-24-59(54)63/h10-15,17-23,25-37,40-41H,8,16,24,38-39H2,1-7,9H3/b11-10-,19-17-,21-12-,29-18-. The minimum atomic E-state index is -1.54. The summed E-state index contributed by atoms with van der Waals surface area (Å²) in [5.74, 6) is 1.09. The number of allylic oxidation sites excluding steroid dienone is 11. The van der Waals surface area contributed by atoms with Crippen LogP contribution in [0.2, 0.25) is 0 Å². The number of aryl methyl sites for hydroxylation is 2. The minimum Gasteiger partial charge on any atom is -0.320 e. The summed E-state index contributed by atoms with van der Waals surface area (Å²) >= 11 is 0. The average molecular weight is 881 g/mol. The molecule has 0 saturated carbocycles. The fourth-order valence-corrected chi connectivity index (χ4v) is 14.1. The van der Waals surface area contributed by atoms with Gasteiger partial charge < -0.3 is 9.47 Å². The van der Waals surface area contributed by atoms with Gasteiger partial charge in [0.1, 0.15) is 11.6 Å². The SMILES string of the molecule is C=C1/C=C\C=C/N(c2cc(C)cc(-c3cc(F)ccc3CS(Cc3ccc(F)cc3-c3cc(C)cc(-n4c(/C=C\C=C/C)cc5ccccc54)c3C)(C(C)C)C(C)C)c2)C2=C1C=CCC2. The van der Waals surface area contributed by atoms with Crippen molar-refractivity contribution in [1.29, 1.82) is 0 Å². The molecule has 0 radical (unpaired) electrons. The predicted molar refractivity (Wildman–Crippen MR) is 279 cm³/mol. The molecule has 0 amide bonds. The zero-order valence-corrected chi connectivity index (χ0v) is 40.1. The first-order chi connectivity index (χ1) is 31.3. The smallest absolute Gasteiger partial charge is 0.123 e. The Balaban J connectivity index is 1.23. The first kappa shape index (κ1) is 45.4. The molecule has 1 aliphatic heterocycles. The molecule has 5 heteroatoms. The van der Waals surface area contributed by atoms with E-state index in [1.165, 1.54) is 5.70 Å². The number of hydrogen-bond donors (Lipinski definition) is 0. The Morgan fingerprint density at radius 3 is 2.14 bits per heavy atom. The molecule has 65 heavy (non-hydrogen) atoms. The summed E-state index contributed by atoms with van der Waals surface area (Å²) in [6.07, 6.45) is 22.9. The molecule has 0 unspecified atom stereocenters. The predicted octanol–water partition coefficient (Wildman–Crippen LogP) is 17.1. The Labute approximate surface area is 387 Å². The molecule has 2 aliphatic rings. The van der Waals surface area contributed by atoms with E-state index in [0.717, 1.165) is 114 Å². The second-order valence-electron chi connectivity index (χ2n) is 18.3.